The fraction of sp³-hybridized carbons (Fsp3) is 0.364. The summed E-state index contributed by atoms with van der Waals surface area (Å²) in [5, 5.41) is 5.57. The molecular weight excluding hydrogens is 370 g/mol. The molecule has 3 rings (SSSR count). The molecule has 1 fully saturated rings. The summed E-state index contributed by atoms with van der Waals surface area (Å²) in [6.07, 6.45) is 0. The van der Waals surface area contributed by atoms with Crippen molar-refractivity contribution >= 4 is 29.3 Å². The number of hydrogen-bond acceptors (Lipinski definition) is 4. The molecule has 0 spiro atoms. The maximum Gasteiger partial charge on any atom is 0.251 e. The molecule has 0 radical (unpaired) electrons. The zero-order valence-corrected chi connectivity index (χ0v) is 17.3. The van der Waals surface area contributed by atoms with Gasteiger partial charge in [-0.05, 0) is 43.7 Å². The predicted molar refractivity (Wildman–Crippen MR) is 116 cm³/mol. The molecule has 0 unspecified atom stereocenters. The lowest BCUT2D eigenvalue weighted by Gasteiger charge is -2.26. The van der Waals surface area contributed by atoms with E-state index in [0.717, 1.165) is 36.4 Å². The molecule has 0 atom stereocenters. The van der Waals surface area contributed by atoms with Crippen molar-refractivity contribution < 1.29 is 9.59 Å². The van der Waals surface area contributed by atoms with Gasteiger partial charge in [0.25, 0.3) is 5.91 Å². The second-order valence-corrected chi connectivity index (χ2v) is 8.42. The summed E-state index contributed by atoms with van der Waals surface area (Å²) < 4.78 is 0. The first-order chi connectivity index (χ1) is 13.5. The van der Waals surface area contributed by atoms with Crippen LogP contribution in [0.15, 0.2) is 42.5 Å². The zero-order valence-electron chi connectivity index (χ0n) is 16.5. The van der Waals surface area contributed by atoms with Crippen LogP contribution in [0.1, 0.15) is 27.0 Å². The Labute approximate surface area is 170 Å². The first-order valence-electron chi connectivity index (χ1n) is 9.55. The number of rotatable bonds is 6. The number of hydrogen-bond donors (Lipinski definition) is 2. The van der Waals surface area contributed by atoms with Gasteiger partial charge in [0.05, 0.1) is 6.54 Å². The van der Waals surface area contributed by atoms with Gasteiger partial charge in [0.1, 0.15) is 0 Å². The summed E-state index contributed by atoms with van der Waals surface area (Å²) in [5.41, 5.74) is 4.57. The minimum absolute atomic E-state index is 0.0562. The summed E-state index contributed by atoms with van der Waals surface area (Å²) in [6.45, 7) is 6.95. The van der Waals surface area contributed by atoms with Crippen molar-refractivity contribution in [1.29, 1.82) is 0 Å². The molecule has 5 nitrogen and oxygen atoms in total. The predicted octanol–water partition coefficient (Wildman–Crippen LogP) is 3.22. The highest BCUT2D eigenvalue weighted by molar-refractivity contribution is 7.99. The Morgan fingerprint density at radius 3 is 2.46 bits per heavy atom. The number of nitrogens with zero attached hydrogens (tertiary/aromatic N) is 1. The van der Waals surface area contributed by atoms with Gasteiger partial charge < -0.3 is 10.6 Å². The molecule has 1 heterocycles. The van der Waals surface area contributed by atoms with E-state index in [0.29, 0.717) is 5.56 Å². The van der Waals surface area contributed by atoms with Gasteiger partial charge in [0.2, 0.25) is 5.91 Å². The molecule has 2 aromatic carbocycles. The van der Waals surface area contributed by atoms with Gasteiger partial charge in [-0.25, -0.2) is 0 Å². The first kappa shape index (κ1) is 20.4. The first-order valence-corrected chi connectivity index (χ1v) is 10.7. The highest BCUT2D eigenvalue weighted by atomic mass is 32.2. The van der Waals surface area contributed by atoms with E-state index in [1.54, 1.807) is 0 Å². The maximum atomic E-state index is 12.3. The van der Waals surface area contributed by atoms with E-state index in [1.807, 2.05) is 62.0 Å². The van der Waals surface area contributed by atoms with Gasteiger partial charge in [-0.15, -0.1) is 0 Å². The van der Waals surface area contributed by atoms with E-state index < -0.39 is 0 Å². The number of benzene rings is 2. The molecule has 2 N–H and O–H groups in total. The number of amides is 2. The van der Waals surface area contributed by atoms with Crippen LogP contribution in [0.5, 0.6) is 0 Å². The van der Waals surface area contributed by atoms with Crippen molar-refractivity contribution in [3.05, 3.63) is 64.7 Å². The zero-order chi connectivity index (χ0) is 19.9. The van der Waals surface area contributed by atoms with Gasteiger partial charge in [-0.2, -0.15) is 11.8 Å². The van der Waals surface area contributed by atoms with Crippen LogP contribution in [0.25, 0.3) is 0 Å². The molecule has 2 aromatic rings. The lowest BCUT2D eigenvalue weighted by molar-refractivity contribution is -0.115. The Balaban J connectivity index is 1.51. The average molecular weight is 398 g/mol. The highest BCUT2D eigenvalue weighted by Gasteiger charge is 2.12. The van der Waals surface area contributed by atoms with E-state index in [9.17, 15) is 9.59 Å². The van der Waals surface area contributed by atoms with E-state index in [2.05, 4.69) is 21.6 Å². The third-order valence-electron chi connectivity index (χ3n) is 4.61. The second kappa shape index (κ2) is 9.75. The molecule has 1 aliphatic rings. The molecule has 28 heavy (non-hydrogen) atoms. The van der Waals surface area contributed by atoms with Crippen molar-refractivity contribution in [2.75, 3.05) is 36.5 Å². The lowest BCUT2D eigenvalue weighted by Crippen LogP contribution is -2.33. The number of aryl methyl sites for hydroxylation is 2. The number of nitrogens with one attached hydrogen (secondary N) is 2. The van der Waals surface area contributed by atoms with Crippen LogP contribution in [0, 0.1) is 13.8 Å². The topological polar surface area (TPSA) is 61.4 Å². The molecule has 0 saturated carbocycles. The molecule has 0 bridgehead atoms. The summed E-state index contributed by atoms with van der Waals surface area (Å²) in [4.78, 5) is 27.0. The molecule has 0 aliphatic carbocycles. The Morgan fingerprint density at radius 2 is 1.75 bits per heavy atom. The third-order valence-corrected chi connectivity index (χ3v) is 5.56. The molecule has 1 aliphatic heterocycles. The summed E-state index contributed by atoms with van der Waals surface area (Å²) in [5.74, 6) is 1.88. The van der Waals surface area contributed by atoms with Gasteiger partial charge in [-0.3, -0.25) is 14.5 Å². The molecule has 2 amide bonds. The number of carbonyl (C=O) groups excluding carboxylic acids is 2. The average Bonchev–Trinajstić information content (AvgIpc) is 2.66. The molecule has 1 saturated heterocycles. The Morgan fingerprint density at radius 1 is 1.04 bits per heavy atom. The standard InChI is InChI=1S/C22H27N3O2S/c1-16-10-17(2)12-19(11-16)22(27)23-14-21(26)24-20-5-3-4-18(13-20)15-25-6-8-28-9-7-25/h3-5,10-13H,6-9,14-15H2,1-2H3,(H,23,27)(H,24,26). The molecule has 148 valence electrons. The van der Waals surface area contributed by atoms with Crippen LogP contribution in [0.2, 0.25) is 0 Å². The minimum Gasteiger partial charge on any atom is -0.343 e. The number of thioether (sulfide) groups is 1. The van der Waals surface area contributed by atoms with Crippen molar-refractivity contribution in [3.8, 4) is 0 Å². The normalized spacial score (nSPS) is 14.5. The molecule has 6 heteroatoms. The van der Waals surface area contributed by atoms with Crippen molar-refractivity contribution in [3.63, 3.8) is 0 Å². The van der Waals surface area contributed by atoms with E-state index in [4.69, 9.17) is 0 Å². The summed E-state index contributed by atoms with van der Waals surface area (Å²) in [6, 6.07) is 13.6. The van der Waals surface area contributed by atoms with Crippen molar-refractivity contribution in [2.45, 2.75) is 20.4 Å². The third kappa shape index (κ3) is 6.11. The Bertz CT molecular complexity index is 827. The van der Waals surface area contributed by atoms with Crippen LogP contribution >= 0.6 is 11.8 Å². The fourth-order valence-corrected chi connectivity index (χ4v) is 4.32. The maximum absolute atomic E-state index is 12.3. The van der Waals surface area contributed by atoms with Crippen LogP contribution in [0.4, 0.5) is 5.69 Å². The largest absolute Gasteiger partial charge is 0.343 e. The van der Waals surface area contributed by atoms with Gasteiger partial charge in [0.15, 0.2) is 0 Å². The van der Waals surface area contributed by atoms with E-state index >= 15 is 0 Å². The molecular formula is C22H27N3O2S. The molecule has 0 aromatic heterocycles. The minimum atomic E-state index is -0.237. The van der Waals surface area contributed by atoms with Crippen molar-refractivity contribution in [2.24, 2.45) is 0 Å². The second-order valence-electron chi connectivity index (χ2n) is 7.20. The number of carbonyl (C=O) groups is 2. The summed E-state index contributed by atoms with van der Waals surface area (Å²) >= 11 is 2.00. The van der Waals surface area contributed by atoms with Gasteiger partial charge in [0, 0.05) is 42.4 Å². The number of anilines is 1. The van der Waals surface area contributed by atoms with Crippen LogP contribution in [-0.4, -0.2) is 47.9 Å². The van der Waals surface area contributed by atoms with E-state index in [-0.39, 0.29) is 18.4 Å². The smallest absolute Gasteiger partial charge is 0.251 e. The lowest BCUT2D eigenvalue weighted by atomic mass is 10.1. The summed E-state index contributed by atoms with van der Waals surface area (Å²) in [7, 11) is 0. The Kier molecular flexibility index (Phi) is 7.12. The van der Waals surface area contributed by atoms with Gasteiger partial charge in [-0.1, -0.05) is 29.3 Å². The van der Waals surface area contributed by atoms with Crippen LogP contribution in [0.3, 0.4) is 0 Å². The fourth-order valence-electron chi connectivity index (χ4n) is 3.34. The van der Waals surface area contributed by atoms with Crippen LogP contribution in [-0.2, 0) is 11.3 Å². The van der Waals surface area contributed by atoms with Gasteiger partial charge >= 0.3 is 0 Å². The monoisotopic (exact) mass is 397 g/mol. The highest BCUT2D eigenvalue weighted by Crippen LogP contribution is 2.16. The SMILES string of the molecule is Cc1cc(C)cc(C(=O)NCC(=O)Nc2cccc(CN3CCSCC3)c2)c1. The van der Waals surface area contributed by atoms with Crippen molar-refractivity contribution in [1.82, 2.24) is 10.2 Å². The Hall–Kier alpha value is -2.31. The quantitative estimate of drug-likeness (QED) is 0.786. The van der Waals surface area contributed by atoms with E-state index in [1.165, 1.54) is 17.1 Å². The van der Waals surface area contributed by atoms with Crippen LogP contribution < -0.4 is 10.6 Å².